The van der Waals surface area contributed by atoms with Crippen LogP contribution in [0.25, 0.3) is 22.0 Å². The summed E-state index contributed by atoms with van der Waals surface area (Å²) in [6, 6.07) is 22.5. The summed E-state index contributed by atoms with van der Waals surface area (Å²) < 4.78 is 18.9. The molecule has 1 unspecified atom stereocenters. The lowest BCUT2D eigenvalue weighted by Gasteiger charge is -2.21. The summed E-state index contributed by atoms with van der Waals surface area (Å²) in [5.74, 6) is -0.501. The highest BCUT2D eigenvalue weighted by Crippen LogP contribution is 2.34. The highest BCUT2D eigenvalue weighted by atomic mass is 19.1. The Kier molecular flexibility index (Phi) is 4.83. The molecule has 30 heavy (non-hydrogen) atoms. The number of halogens is 1. The molecule has 4 aromatic rings. The summed E-state index contributed by atoms with van der Waals surface area (Å²) in [7, 11) is 0. The molecule has 1 atom stereocenters. The number of H-pyrrole nitrogens is 1. The van der Waals surface area contributed by atoms with E-state index in [2.05, 4.69) is 17.1 Å². The summed E-state index contributed by atoms with van der Waals surface area (Å²) in [6.45, 7) is 0.311. The predicted molar refractivity (Wildman–Crippen MR) is 115 cm³/mol. The minimum absolute atomic E-state index is 0.130. The van der Waals surface area contributed by atoms with Gasteiger partial charge in [0.1, 0.15) is 12.4 Å². The highest BCUT2D eigenvalue weighted by Gasteiger charge is 2.28. The maximum Gasteiger partial charge on any atom is 0.309 e. The number of rotatable bonds is 4. The second-order valence-corrected chi connectivity index (χ2v) is 7.88. The highest BCUT2D eigenvalue weighted by molar-refractivity contribution is 5.90. The molecule has 3 aromatic carbocycles. The number of aromatic nitrogens is 1. The zero-order valence-electron chi connectivity index (χ0n) is 16.5. The van der Waals surface area contributed by atoms with E-state index in [1.54, 1.807) is 12.1 Å². The van der Waals surface area contributed by atoms with Crippen LogP contribution in [0, 0.1) is 11.7 Å². The van der Waals surface area contributed by atoms with Crippen molar-refractivity contribution >= 4 is 16.9 Å². The van der Waals surface area contributed by atoms with Crippen molar-refractivity contribution in [3.63, 3.8) is 0 Å². The van der Waals surface area contributed by atoms with Gasteiger partial charge < -0.3 is 9.72 Å². The molecule has 1 heterocycles. The number of aromatic amines is 1. The molecule has 1 aromatic heterocycles. The van der Waals surface area contributed by atoms with Crippen molar-refractivity contribution in [3.05, 3.63) is 95.4 Å². The van der Waals surface area contributed by atoms with Crippen LogP contribution in [0.5, 0.6) is 0 Å². The van der Waals surface area contributed by atoms with Crippen LogP contribution >= 0.6 is 0 Å². The average Bonchev–Trinajstić information content (AvgIpc) is 3.16. The minimum Gasteiger partial charge on any atom is -0.461 e. The Morgan fingerprint density at radius 2 is 1.77 bits per heavy atom. The largest absolute Gasteiger partial charge is 0.461 e. The van der Waals surface area contributed by atoms with Gasteiger partial charge in [0.2, 0.25) is 0 Å². The van der Waals surface area contributed by atoms with E-state index in [-0.39, 0.29) is 17.7 Å². The lowest BCUT2D eigenvalue weighted by molar-refractivity contribution is -0.150. The summed E-state index contributed by atoms with van der Waals surface area (Å²) in [4.78, 5) is 16.2. The van der Waals surface area contributed by atoms with Crippen LogP contribution in [-0.4, -0.2) is 11.0 Å². The molecule has 1 aliphatic rings. The number of carbonyl (C=O) groups is 1. The maximum absolute atomic E-state index is 13.3. The van der Waals surface area contributed by atoms with Gasteiger partial charge in [-0.05, 0) is 65.8 Å². The van der Waals surface area contributed by atoms with E-state index in [4.69, 9.17) is 4.74 Å². The van der Waals surface area contributed by atoms with Crippen LogP contribution in [-0.2, 0) is 29.0 Å². The average molecular weight is 399 g/mol. The van der Waals surface area contributed by atoms with Gasteiger partial charge in [-0.1, -0.05) is 48.5 Å². The van der Waals surface area contributed by atoms with Crippen LogP contribution in [0.4, 0.5) is 4.39 Å². The third-order valence-corrected chi connectivity index (χ3v) is 5.92. The fourth-order valence-electron chi connectivity index (χ4n) is 4.29. The molecule has 150 valence electrons. The Bertz CT molecular complexity index is 1200. The van der Waals surface area contributed by atoms with Gasteiger partial charge in [0, 0.05) is 16.6 Å². The van der Waals surface area contributed by atoms with Gasteiger partial charge in [-0.25, -0.2) is 4.39 Å². The van der Waals surface area contributed by atoms with Crippen molar-refractivity contribution in [1.29, 1.82) is 0 Å². The summed E-state index contributed by atoms with van der Waals surface area (Å²) in [6.07, 6.45) is 2.30. The number of hydrogen-bond donors (Lipinski definition) is 1. The Morgan fingerprint density at radius 1 is 1.00 bits per heavy atom. The molecule has 4 heteroatoms. The van der Waals surface area contributed by atoms with Crippen LogP contribution in [0.2, 0.25) is 0 Å². The van der Waals surface area contributed by atoms with Gasteiger partial charge in [-0.3, -0.25) is 4.79 Å². The van der Waals surface area contributed by atoms with Gasteiger partial charge >= 0.3 is 5.97 Å². The number of carbonyl (C=O) groups excluding carboxylic acids is 1. The first-order valence-corrected chi connectivity index (χ1v) is 10.3. The molecular formula is C26H22FNO2. The molecule has 0 spiro atoms. The SMILES string of the molecule is O=C(OCc1ccccc1)C1CCc2[nH]c3ccc(-c4ccc(F)cc4)cc3c2C1. The Balaban J connectivity index is 1.38. The molecular weight excluding hydrogens is 377 g/mol. The van der Waals surface area contributed by atoms with E-state index in [0.29, 0.717) is 13.0 Å². The third kappa shape index (κ3) is 3.61. The lowest BCUT2D eigenvalue weighted by atomic mass is 9.86. The molecule has 0 radical (unpaired) electrons. The molecule has 0 amide bonds. The fourth-order valence-corrected chi connectivity index (χ4v) is 4.29. The van der Waals surface area contributed by atoms with Crippen molar-refractivity contribution in [1.82, 2.24) is 4.98 Å². The normalized spacial score (nSPS) is 15.7. The van der Waals surface area contributed by atoms with Crippen molar-refractivity contribution in [2.45, 2.75) is 25.9 Å². The van der Waals surface area contributed by atoms with Crippen LogP contribution in [0.15, 0.2) is 72.8 Å². The van der Waals surface area contributed by atoms with E-state index in [1.807, 2.05) is 36.4 Å². The molecule has 0 fully saturated rings. The van der Waals surface area contributed by atoms with Crippen molar-refractivity contribution in [2.75, 3.05) is 0 Å². The minimum atomic E-state index is -0.240. The van der Waals surface area contributed by atoms with Crippen molar-refractivity contribution < 1.29 is 13.9 Å². The quantitative estimate of drug-likeness (QED) is 0.439. The number of esters is 1. The topological polar surface area (TPSA) is 42.1 Å². The van der Waals surface area contributed by atoms with Crippen molar-refractivity contribution in [3.8, 4) is 11.1 Å². The molecule has 0 saturated heterocycles. The van der Waals surface area contributed by atoms with E-state index >= 15 is 0 Å². The zero-order valence-corrected chi connectivity index (χ0v) is 16.5. The molecule has 0 aliphatic heterocycles. The lowest BCUT2D eigenvalue weighted by Crippen LogP contribution is -2.24. The van der Waals surface area contributed by atoms with Gasteiger partial charge in [0.05, 0.1) is 5.92 Å². The molecule has 1 aliphatic carbocycles. The standard InChI is InChI=1S/C26H22FNO2/c27-21-10-6-18(7-11-21)19-8-12-24-22(14-19)23-15-20(9-13-25(23)28-24)26(29)30-16-17-4-2-1-3-5-17/h1-8,10-12,14,20,28H,9,13,15-16H2. The van der Waals surface area contributed by atoms with Gasteiger partial charge in [-0.15, -0.1) is 0 Å². The summed E-state index contributed by atoms with van der Waals surface area (Å²) >= 11 is 0. The zero-order chi connectivity index (χ0) is 20.5. The number of fused-ring (bicyclic) bond motifs is 3. The van der Waals surface area contributed by atoms with Gasteiger partial charge in [0.15, 0.2) is 0 Å². The van der Waals surface area contributed by atoms with Gasteiger partial charge in [-0.2, -0.15) is 0 Å². The first-order valence-electron chi connectivity index (χ1n) is 10.3. The Labute approximate surface area is 174 Å². The monoisotopic (exact) mass is 399 g/mol. The van der Waals surface area contributed by atoms with E-state index in [0.717, 1.165) is 40.4 Å². The number of aryl methyl sites for hydroxylation is 1. The number of ether oxygens (including phenoxy) is 1. The van der Waals surface area contributed by atoms with Crippen LogP contribution < -0.4 is 0 Å². The van der Waals surface area contributed by atoms with E-state index in [9.17, 15) is 9.18 Å². The molecule has 1 N–H and O–H groups in total. The molecule has 5 rings (SSSR count). The first kappa shape index (κ1) is 18.6. The molecule has 3 nitrogen and oxygen atoms in total. The number of nitrogens with one attached hydrogen (secondary N) is 1. The fraction of sp³-hybridized carbons (Fsp3) is 0.192. The van der Waals surface area contributed by atoms with Crippen LogP contribution in [0.1, 0.15) is 23.2 Å². The second-order valence-electron chi connectivity index (χ2n) is 7.88. The third-order valence-electron chi connectivity index (χ3n) is 5.92. The number of benzene rings is 3. The molecule has 0 bridgehead atoms. The second kappa shape index (κ2) is 7.79. The summed E-state index contributed by atoms with van der Waals surface area (Å²) in [5.41, 5.74) is 6.48. The predicted octanol–water partition coefficient (Wildman–Crippen LogP) is 5.82. The van der Waals surface area contributed by atoms with E-state index < -0.39 is 0 Å². The van der Waals surface area contributed by atoms with E-state index in [1.165, 1.54) is 23.4 Å². The molecule has 0 saturated carbocycles. The maximum atomic E-state index is 13.3. The Hall–Kier alpha value is -3.40. The first-order chi connectivity index (χ1) is 14.7. The van der Waals surface area contributed by atoms with Crippen LogP contribution in [0.3, 0.4) is 0 Å². The van der Waals surface area contributed by atoms with Gasteiger partial charge in [0.25, 0.3) is 0 Å². The number of hydrogen-bond acceptors (Lipinski definition) is 2. The van der Waals surface area contributed by atoms with Crippen molar-refractivity contribution in [2.24, 2.45) is 5.92 Å². The Morgan fingerprint density at radius 3 is 2.57 bits per heavy atom. The smallest absolute Gasteiger partial charge is 0.309 e. The summed E-state index contributed by atoms with van der Waals surface area (Å²) in [5, 5.41) is 1.13.